The fourth-order valence-electron chi connectivity index (χ4n) is 1.95. The van der Waals surface area contributed by atoms with E-state index in [2.05, 4.69) is 10.3 Å². The molecule has 1 aliphatic rings. The van der Waals surface area contributed by atoms with Crippen LogP contribution in [-0.4, -0.2) is 17.5 Å². The van der Waals surface area contributed by atoms with Gasteiger partial charge in [0.05, 0.1) is 11.3 Å². The normalized spacial score (nSPS) is 13.2. The lowest BCUT2D eigenvalue weighted by molar-refractivity contribution is -0.113. The number of amides is 1. The first-order chi connectivity index (χ1) is 9.63. The highest BCUT2D eigenvalue weighted by Gasteiger charge is 2.18. The lowest BCUT2D eigenvalue weighted by Crippen LogP contribution is -2.21. The van der Waals surface area contributed by atoms with Crippen LogP contribution in [0.5, 0.6) is 5.75 Å². The predicted molar refractivity (Wildman–Crippen MR) is 80.1 cm³/mol. The highest BCUT2D eigenvalue weighted by Crippen LogP contribution is 2.27. The molecule has 0 unspecified atom stereocenters. The van der Waals surface area contributed by atoms with Gasteiger partial charge in [-0.2, -0.15) is 0 Å². The van der Waals surface area contributed by atoms with Crippen LogP contribution in [0.3, 0.4) is 0 Å². The predicted octanol–water partition coefficient (Wildman–Crippen LogP) is 3.17. The topological polar surface area (TPSA) is 51.2 Å². The quantitative estimate of drug-likeness (QED) is 0.922. The Morgan fingerprint density at radius 2 is 2.15 bits per heavy atom. The molecule has 0 saturated carbocycles. The summed E-state index contributed by atoms with van der Waals surface area (Å²) in [5.41, 5.74) is 2.48. The lowest BCUT2D eigenvalue weighted by atomic mass is 10.1. The number of thiazole rings is 1. The van der Waals surface area contributed by atoms with Gasteiger partial charge in [0.15, 0.2) is 5.13 Å². The Bertz CT molecular complexity index is 684. The van der Waals surface area contributed by atoms with Gasteiger partial charge in [-0.3, -0.25) is 10.1 Å². The molecule has 20 heavy (non-hydrogen) atoms. The number of para-hydroxylation sites is 1. The number of nitrogens with zero attached hydrogens (tertiary/aromatic N) is 1. The van der Waals surface area contributed by atoms with E-state index in [1.54, 1.807) is 0 Å². The number of rotatable bonds is 2. The van der Waals surface area contributed by atoms with Crippen LogP contribution >= 0.6 is 11.3 Å². The smallest absolute Gasteiger partial charge is 0.256 e. The third-order valence-corrected chi connectivity index (χ3v) is 4.16. The largest absolute Gasteiger partial charge is 0.488 e. The lowest BCUT2D eigenvalue weighted by Gasteiger charge is -2.16. The highest BCUT2D eigenvalue weighted by atomic mass is 32.1. The van der Waals surface area contributed by atoms with Crippen LogP contribution in [-0.2, 0) is 4.79 Å². The van der Waals surface area contributed by atoms with Crippen LogP contribution < -0.4 is 10.1 Å². The van der Waals surface area contributed by atoms with Crippen LogP contribution in [0.4, 0.5) is 5.13 Å². The second-order valence-electron chi connectivity index (χ2n) is 4.61. The number of benzene rings is 1. The summed E-state index contributed by atoms with van der Waals surface area (Å²) in [7, 11) is 0. The molecule has 1 amide bonds. The standard InChI is InChI=1S/C15H14N2O2S/c1-9-10(2)20-15(16-9)17-14(18)12-7-11-5-3-4-6-13(11)19-8-12/h3-7H,8H2,1-2H3,(H,16,17,18). The zero-order valence-corrected chi connectivity index (χ0v) is 12.1. The Labute approximate surface area is 121 Å². The van der Waals surface area contributed by atoms with Gasteiger partial charge in [0.25, 0.3) is 5.91 Å². The summed E-state index contributed by atoms with van der Waals surface area (Å²) in [6.07, 6.45) is 1.86. The number of hydrogen-bond acceptors (Lipinski definition) is 4. The number of aryl methyl sites for hydroxylation is 2. The summed E-state index contributed by atoms with van der Waals surface area (Å²) < 4.78 is 5.58. The second kappa shape index (κ2) is 5.09. The molecule has 5 heteroatoms. The van der Waals surface area contributed by atoms with Crippen LogP contribution in [0, 0.1) is 13.8 Å². The van der Waals surface area contributed by atoms with E-state index >= 15 is 0 Å². The molecular weight excluding hydrogens is 272 g/mol. The van der Waals surface area contributed by atoms with Crippen molar-refractivity contribution in [2.24, 2.45) is 0 Å². The van der Waals surface area contributed by atoms with E-state index in [-0.39, 0.29) is 12.5 Å². The van der Waals surface area contributed by atoms with Gasteiger partial charge in [-0.1, -0.05) is 18.2 Å². The molecular formula is C15H14N2O2S. The zero-order valence-electron chi connectivity index (χ0n) is 11.3. The average molecular weight is 286 g/mol. The summed E-state index contributed by atoms with van der Waals surface area (Å²) in [4.78, 5) is 17.6. The van der Waals surface area contributed by atoms with Crippen LogP contribution in [0.25, 0.3) is 6.08 Å². The molecule has 0 fully saturated rings. The third-order valence-electron chi connectivity index (χ3n) is 3.17. The minimum atomic E-state index is -0.159. The van der Waals surface area contributed by atoms with Crippen molar-refractivity contribution >= 4 is 28.5 Å². The van der Waals surface area contributed by atoms with E-state index in [1.807, 2.05) is 44.2 Å². The van der Waals surface area contributed by atoms with Crippen molar-refractivity contribution < 1.29 is 9.53 Å². The molecule has 1 aliphatic heterocycles. The maximum Gasteiger partial charge on any atom is 0.256 e. The van der Waals surface area contributed by atoms with Gasteiger partial charge in [0, 0.05) is 10.4 Å². The number of carbonyl (C=O) groups excluding carboxylic acids is 1. The average Bonchev–Trinajstić information content (AvgIpc) is 2.76. The summed E-state index contributed by atoms with van der Waals surface area (Å²) in [5, 5.41) is 3.45. The maximum atomic E-state index is 12.2. The Hall–Kier alpha value is -2.14. The van der Waals surface area contributed by atoms with E-state index in [0.717, 1.165) is 21.9 Å². The number of anilines is 1. The molecule has 0 bridgehead atoms. The summed E-state index contributed by atoms with van der Waals surface area (Å²) in [6.45, 7) is 4.20. The van der Waals surface area contributed by atoms with Crippen molar-refractivity contribution in [3.8, 4) is 5.75 Å². The van der Waals surface area contributed by atoms with Crippen molar-refractivity contribution in [2.45, 2.75) is 13.8 Å². The number of hydrogen-bond donors (Lipinski definition) is 1. The molecule has 102 valence electrons. The van der Waals surface area contributed by atoms with Crippen molar-refractivity contribution in [1.82, 2.24) is 4.98 Å². The van der Waals surface area contributed by atoms with Crippen molar-refractivity contribution in [3.63, 3.8) is 0 Å². The number of nitrogens with one attached hydrogen (secondary N) is 1. The molecule has 0 spiro atoms. The summed E-state index contributed by atoms with van der Waals surface area (Å²) >= 11 is 1.48. The second-order valence-corrected chi connectivity index (χ2v) is 5.81. The minimum absolute atomic E-state index is 0.159. The molecule has 2 aromatic rings. The van der Waals surface area contributed by atoms with Gasteiger partial charge in [0.2, 0.25) is 0 Å². The Kier molecular flexibility index (Phi) is 3.28. The summed E-state index contributed by atoms with van der Waals surface area (Å²) in [5.74, 6) is 0.651. The Balaban J connectivity index is 1.80. The third kappa shape index (κ3) is 2.44. The van der Waals surface area contributed by atoms with E-state index < -0.39 is 0 Å². The number of carbonyl (C=O) groups is 1. The molecule has 4 nitrogen and oxygen atoms in total. The maximum absolute atomic E-state index is 12.2. The van der Waals surface area contributed by atoms with Crippen molar-refractivity contribution in [1.29, 1.82) is 0 Å². The Morgan fingerprint density at radius 1 is 1.35 bits per heavy atom. The highest BCUT2D eigenvalue weighted by molar-refractivity contribution is 7.15. The first-order valence-corrected chi connectivity index (χ1v) is 7.13. The van der Waals surface area contributed by atoms with Gasteiger partial charge in [-0.25, -0.2) is 4.98 Å². The molecule has 1 N–H and O–H groups in total. The van der Waals surface area contributed by atoms with Gasteiger partial charge in [-0.15, -0.1) is 11.3 Å². The van der Waals surface area contributed by atoms with Crippen LogP contribution in [0.2, 0.25) is 0 Å². The van der Waals surface area contributed by atoms with Crippen molar-refractivity contribution in [2.75, 3.05) is 11.9 Å². The minimum Gasteiger partial charge on any atom is -0.488 e. The van der Waals surface area contributed by atoms with Crippen LogP contribution in [0.15, 0.2) is 29.8 Å². The van der Waals surface area contributed by atoms with Gasteiger partial charge in [0.1, 0.15) is 12.4 Å². The summed E-state index contributed by atoms with van der Waals surface area (Å²) in [6, 6.07) is 7.67. The zero-order chi connectivity index (χ0) is 14.1. The number of ether oxygens (including phenoxy) is 1. The first-order valence-electron chi connectivity index (χ1n) is 6.31. The van der Waals surface area contributed by atoms with E-state index in [1.165, 1.54) is 11.3 Å². The molecule has 1 aromatic heterocycles. The first kappa shape index (κ1) is 12.9. The molecule has 0 atom stereocenters. The molecule has 2 heterocycles. The van der Waals surface area contributed by atoms with Gasteiger partial charge in [-0.05, 0) is 26.0 Å². The SMILES string of the molecule is Cc1nc(NC(=O)C2=Cc3ccccc3OC2)sc1C. The Morgan fingerprint density at radius 3 is 2.90 bits per heavy atom. The fourth-order valence-corrected chi connectivity index (χ4v) is 2.76. The van der Waals surface area contributed by atoms with Crippen molar-refractivity contribution in [3.05, 3.63) is 46.0 Å². The molecule has 1 aromatic carbocycles. The van der Waals surface area contributed by atoms with Crippen LogP contribution in [0.1, 0.15) is 16.1 Å². The molecule has 0 saturated heterocycles. The van der Waals surface area contributed by atoms with Gasteiger partial charge >= 0.3 is 0 Å². The monoisotopic (exact) mass is 286 g/mol. The van der Waals surface area contributed by atoms with E-state index in [4.69, 9.17) is 4.74 Å². The van der Waals surface area contributed by atoms with E-state index in [0.29, 0.717) is 10.7 Å². The van der Waals surface area contributed by atoms with Gasteiger partial charge < -0.3 is 4.74 Å². The molecule has 0 radical (unpaired) electrons. The number of aromatic nitrogens is 1. The number of fused-ring (bicyclic) bond motifs is 1. The molecule has 3 rings (SSSR count). The van der Waals surface area contributed by atoms with E-state index in [9.17, 15) is 4.79 Å². The fraction of sp³-hybridized carbons (Fsp3) is 0.200. The molecule has 0 aliphatic carbocycles.